The van der Waals surface area contributed by atoms with Gasteiger partial charge in [-0.2, -0.15) is 0 Å². The number of nitrogens with zero attached hydrogens (tertiary/aromatic N) is 2. The van der Waals surface area contributed by atoms with E-state index in [-0.39, 0.29) is 0 Å². The van der Waals surface area contributed by atoms with Crippen LogP contribution in [0.25, 0.3) is 0 Å². The van der Waals surface area contributed by atoms with Gasteiger partial charge < -0.3 is 10.2 Å². The largest absolute Gasteiger partial charge is 0.370 e. The molecule has 21 heavy (non-hydrogen) atoms. The van der Waals surface area contributed by atoms with Gasteiger partial charge in [0.1, 0.15) is 0 Å². The summed E-state index contributed by atoms with van der Waals surface area (Å²) in [4.78, 5) is 6.59. The van der Waals surface area contributed by atoms with Gasteiger partial charge in [0.25, 0.3) is 0 Å². The van der Waals surface area contributed by atoms with Gasteiger partial charge in [-0.05, 0) is 36.7 Å². The topological polar surface area (TPSA) is 28.2 Å². The summed E-state index contributed by atoms with van der Waals surface area (Å²) in [6, 6.07) is 12.1. The summed E-state index contributed by atoms with van der Waals surface area (Å²) < 4.78 is 0. The van der Waals surface area contributed by atoms with E-state index in [2.05, 4.69) is 41.3 Å². The van der Waals surface area contributed by atoms with Crippen molar-refractivity contribution < 1.29 is 0 Å². The van der Waals surface area contributed by atoms with Crippen LogP contribution in [-0.2, 0) is 13.1 Å². The van der Waals surface area contributed by atoms with Gasteiger partial charge >= 0.3 is 0 Å². The average Bonchev–Trinajstić information content (AvgIpc) is 2.50. The van der Waals surface area contributed by atoms with Crippen LogP contribution >= 0.6 is 11.6 Å². The molecule has 0 radical (unpaired) electrons. The molecule has 0 aliphatic heterocycles. The minimum Gasteiger partial charge on any atom is -0.370 e. The van der Waals surface area contributed by atoms with Crippen LogP contribution in [0.2, 0.25) is 5.02 Å². The number of hydrogen-bond donors (Lipinski definition) is 1. The Hall–Kier alpha value is -1.58. The molecule has 2 aromatic rings. The van der Waals surface area contributed by atoms with Gasteiger partial charge in [0, 0.05) is 37.0 Å². The number of rotatable bonds is 7. The minimum atomic E-state index is 0.783. The van der Waals surface area contributed by atoms with E-state index in [0.717, 1.165) is 48.0 Å². The maximum Gasteiger partial charge on any atom is 0.0562 e. The van der Waals surface area contributed by atoms with E-state index < -0.39 is 0 Å². The monoisotopic (exact) mass is 303 g/mol. The molecule has 4 heteroatoms. The molecule has 0 amide bonds. The highest BCUT2D eigenvalue weighted by Crippen LogP contribution is 2.20. The quantitative estimate of drug-likeness (QED) is 0.787. The highest BCUT2D eigenvalue weighted by Gasteiger charge is 2.06. The molecule has 3 nitrogen and oxygen atoms in total. The molecule has 0 bridgehead atoms. The van der Waals surface area contributed by atoms with Crippen molar-refractivity contribution in [1.82, 2.24) is 10.3 Å². The van der Waals surface area contributed by atoms with E-state index in [1.807, 2.05) is 30.5 Å². The molecular weight excluding hydrogens is 282 g/mol. The number of nitrogens with one attached hydrogen (secondary N) is 1. The SMILES string of the molecule is CCCNCc1cc(N(C)Cc2ccccc2Cl)ccn1. The Morgan fingerprint density at radius 2 is 2.05 bits per heavy atom. The highest BCUT2D eigenvalue weighted by molar-refractivity contribution is 6.31. The molecule has 0 spiro atoms. The third-order valence-corrected chi connectivity index (χ3v) is 3.71. The summed E-state index contributed by atoms with van der Waals surface area (Å²) in [7, 11) is 2.07. The Balaban J connectivity index is 2.03. The summed E-state index contributed by atoms with van der Waals surface area (Å²) >= 11 is 6.22. The summed E-state index contributed by atoms with van der Waals surface area (Å²) in [6.07, 6.45) is 2.99. The second-order valence-electron chi connectivity index (χ2n) is 5.13. The normalized spacial score (nSPS) is 10.6. The summed E-state index contributed by atoms with van der Waals surface area (Å²) in [5.41, 5.74) is 3.34. The predicted octanol–water partition coefficient (Wildman–Crippen LogP) is 3.87. The van der Waals surface area contributed by atoms with Crippen molar-refractivity contribution in [3.05, 3.63) is 58.9 Å². The van der Waals surface area contributed by atoms with Crippen LogP contribution in [0.15, 0.2) is 42.6 Å². The maximum atomic E-state index is 6.22. The van der Waals surface area contributed by atoms with Gasteiger partial charge in [-0.15, -0.1) is 0 Å². The van der Waals surface area contributed by atoms with Gasteiger partial charge in [-0.3, -0.25) is 4.98 Å². The van der Waals surface area contributed by atoms with Crippen molar-refractivity contribution in [3.8, 4) is 0 Å². The zero-order valence-corrected chi connectivity index (χ0v) is 13.4. The van der Waals surface area contributed by atoms with E-state index in [1.165, 1.54) is 0 Å². The van der Waals surface area contributed by atoms with Gasteiger partial charge in [0.05, 0.1) is 5.69 Å². The Kier molecular flexibility index (Phi) is 6.03. The van der Waals surface area contributed by atoms with Crippen molar-refractivity contribution in [2.24, 2.45) is 0 Å². The smallest absolute Gasteiger partial charge is 0.0562 e. The standard InChI is InChI=1S/C17H22ClN3/c1-3-9-19-12-15-11-16(8-10-20-15)21(2)13-14-6-4-5-7-17(14)18/h4-8,10-11,19H,3,9,12-13H2,1-2H3. The lowest BCUT2D eigenvalue weighted by molar-refractivity contribution is 0.664. The molecule has 1 aromatic heterocycles. The zero-order chi connectivity index (χ0) is 15.1. The molecule has 2 rings (SSSR count). The molecule has 0 atom stereocenters. The van der Waals surface area contributed by atoms with Crippen LogP contribution in [0, 0.1) is 0 Å². The molecule has 0 aliphatic carbocycles. The molecular formula is C17H22ClN3. The fraction of sp³-hybridized carbons (Fsp3) is 0.353. The number of aromatic nitrogens is 1. The third-order valence-electron chi connectivity index (χ3n) is 3.34. The van der Waals surface area contributed by atoms with Crippen molar-refractivity contribution in [2.75, 3.05) is 18.5 Å². The molecule has 1 heterocycles. The third kappa shape index (κ3) is 4.73. The lowest BCUT2D eigenvalue weighted by Gasteiger charge is -2.20. The van der Waals surface area contributed by atoms with Crippen molar-refractivity contribution in [3.63, 3.8) is 0 Å². The molecule has 0 saturated carbocycles. The first-order chi connectivity index (χ1) is 10.2. The van der Waals surface area contributed by atoms with E-state index >= 15 is 0 Å². The Morgan fingerprint density at radius 3 is 2.81 bits per heavy atom. The van der Waals surface area contributed by atoms with Crippen molar-refractivity contribution >= 4 is 17.3 Å². The molecule has 0 fully saturated rings. The van der Waals surface area contributed by atoms with E-state index in [0.29, 0.717) is 0 Å². The predicted molar refractivity (Wildman–Crippen MR) is 89.8 cm³/mol. The average molecular weight is 304 g/mol. The van der Waals surface area contributed by atoms with Crippen LogP contribution in [0.1, 0.15) is 24.6 Å². The van der Waals surface area contributed by atoms with Crippen LogP contribution in [0.4, 0.5) is 5.69 Å². The molecule has 0 aliphatic rings. The summed E-state index contributed by atoms with van der Waals surface area (Å²) in [5, 5.41) is 4.18. The second-order valence-corrected chi connectivity index (χ2v) is 5.54. The Bertz CT molecular complexity index is 571. The van der Waals surface area contributed by atoms with Crippen LogP contribution in [0.5, 0.6) is 0 Å². The van der Waals surface area contributed by atoms with E-state index in [9.17, 15) is 0 Å². The first-order valence-corrected chi connectivity index (χ1v) is 7.68. The Morgan fingerprint density at radius 1 is 1.24 bits per heavy atom. The Labute approximate surface area is 132 Å². The first-order valence-electron chi connectivity index (χ1n) is 7.31. The number of pyridine rings is 1. The number of benzene rings is 1. The van der Waals surface area contributed by atoms with Gasteiger partial charge in [0.2, 0.25) is 0 Å². The van der Waals surface area contributed by atoms with Crippen LogP contribution in [0.3, 0.4) is 0 Å². The number of anilines is 1. The lowest BCUT2D eigenvalue weighted by atomic mass is 10.2. The summed E-state index contributed by atoms with van der Waals surface area (Å²) in [5.74, 6) is 0. The molecule has 112 valence electrons. The maximum absolute atomic E-state index is 6.22. The van der Waals surface area contributed by atoms with Crippen molar-refractivity contribution in [2.45, 2.75) is 26.4 Å². The van der Waals surface area contributed by atoms with E-state index in [1.54, 1.807) is 0 Å². The molecule has 1 N–H and O–H groups in total. The summed E-state index contributed by atoms with van der Waals surface area (Å²) in [6.45, 7) is 4.77. The van der Waals surface area contributed by atoms with Gasteiger partial charge in [0.15, 0.2) is 0 Å². The fourth-order valence-electron chi connectivity index (χ4n) is 2.17. The molecule has 0 unspecified atom stereocenters. The number of halogens is 1. The minimum absolute atomic E-state index is 0.783. The van der Waals surface area contributed by atoms with Crippen LogP contribution < -0.4 is 10.2 Å². The number of hydrogen-bond acceptors (Lipinski definition) is 3. The highest BCUT2D eigenvalue weighted by atomic mass is 35.5. The first kappa shape index (κ1) is 15.8. The lowest BCUT2D eigenvalue weighted by Crippen LogP contribution is -2.18. The molecule has 0 saturated heterocycles. The van der Waals surface area contributed by atoms with Crippen molar-refractivity contribution in [1.29, 1.82) is 0 Å². The van der Waals surface area contributed by atoms with Gasteiger partial charge in [-0.1, -0.05) is 36.7 Å². The van der Waals surface area contributed by atoms with E-state index in [4.69, 9.17) is 11.6 Å². The second kappa shape index (κ2) is 8.01. The zero-order valence-electron chi connectivity index (χ0n) is 12.6. The fourth-order valence-corrected chi connectivity index (χ4v) is 2.36. The van der Waals surface area contributed by atoms with Crippen LogP contribution in [-0.4, -0.2) is 18.6 Å². The van der Waals surface area contributed by atoms with Gasteiger partial charge in [-0.25, -0.2) is 0 Å². The molecule has 1 aromatic carbocycles.